The van der Waals surface area contributed by atoms with Crippen molar-refractivity contribution in [2.24, 2.45) is 11.8 Å². The minimum Gasteiger partial charge on any atom is -0.384 e. The molecule has 2 saturated carbocycles. The van der Waals surface area contributed by atoms with Crippen molar-refractivity contribution in [2.45, 2.75) is 44.1 Å². The summed E-state index contributed by atoms with van der Waals surface area (Å²) in [4.78, 5) is 1.15. The molecule has 1 nitrogen and oxygen atoms in total. The summed E-state index contributed by atoms with van der Waals surface area (Å²) >= 11 is 5.25. The Balaban J connectivity index is 1.83. The Morgan fingerprint density at radius 2 is 2.12 bits per heavy atom. The lowest BCUT2D eigenvalue weighted by Gasteiger charge is -2.36. The smallest absolute Gasteiger partial charge is 0.100 e. The molecule has 0 spiro atoms. The molecule has 0 aromatic carbocycles. The molecule has 0 amide bonds. The summed E-state index contributed by atoms with van der Waals surface area (Å²) in [5.74, 6) is 1.69. The van der Waals surface area contributed by atoms with E-state index in [1.54, 1.807) is 11.3 Å². The third-order valence-electron chi connectivity index (χ3n) is 4.09. The van der Waals surface area contributed by atoms with Gasteiger partial charge < -0.3 is 5.11 Å². The van der Waals surface area contributed by atoms with Crippen LogP contribution < -0.4 is 0 Å². The van der Waals surface area contributed by atoms with Gasteiger partial charge in [-0.25, -0.2) is 0 Å². The molecule has 0 saturated heterocycles. The molecule has 0 radical (unpaired) electrons. The molecule has 1 aromatic heterocycles. The lowest BCUT2D eigenvalue weighted by atomic mass is 9.75. The molecule has 88 valence electrons. The Morgan fingerprint density at radius 1 is 1.31 bits per heavy atom. The van der Waals surface area contributed by atoms with E-state index in [1.807, 2.05) is 0 Å². The van der Waals surface area contributed by atoms with Gasteiger partial charge in [-0.2, -0.15) is 0 Å². The Kier molecular flexibility index (Phi) is 2.89. The van der Waals surface area contributed by atoms with Gasteiger partial charge in [0.25, 0.3) is 0 Å². The number of rotatable bonds is 2. The highest BCUT2D eigenvalue weighted by Gasteiger charge is 2.43. The molecule has 2 atom stereocenters. The standard InChI is InChI=1S/C13H17BrOS/c14-11-5-7-16-12(11)13(15)6-1-2-10(8-13)9-3-4-9/h5,7,9-10,15H,1-4,6,8H2. The van der Waals surface area contributed by atoms with E-state index >= 15 is 0 Å². The number of thiophene rings is 1. The van der Waals surface area contributed by atoms with Crippen LogP contribution in [0.3, 0.4) is 0 Å². The Hall–Kier alpha value is 0.140. The van der Waals surface area contributed by atoms with Crippen LogP contribution in [0, 0.1) is 11.8 Å². The fourth-order valence-electron chi connectivity index (χ4n) is 3.10. The van der Waals surface area contributed by atoms with E-state index in [4.69, 9.17) is 0 Å². The SMILES string of the molecule is OC1(c2sccc2Br)CCCC(C2CC2)C1. The van der Waals surface area contributed by atoms with Crippen LogP contribution in [0.1, 0.15) is 43.4 Å². The monoisotopic (exact) mass is 300 g/mol. The average Bonchev–Trinajstić information content (AvgIpc) is 3.01. The zero-order chi connectivity index (χ0) is 11.2. The van der Waals surface area contributed by atoms with E-state index in [9.17, 15) is 5.11 Å². The van der Waals surface area contributed by atoms with Gasteiger partial charge in [0.15, 0.2) is 0 Å². The first kappa shape index (κ1) is 11.2. The van der Waals surface area contributed by atoms with Crippen molar-refractivity contribution in [3.63, 3.8) is 0 Å². The van der Waals surface area contributed by atoms with Crippen molar-refractivity contribution < 1.29 is 5.11 Å². The molecule has 3 heteroatoms. The van der Waals surface area contributed by atoms with Crippen LogP contribution in [0.2, 0.25) is 0 Å². The minimum absolute atomic E-state index is 0.543. The van der Waals surface area contributed by atoms with Gasteiger partial charge >= 0.3 is 0 Å². The second-order valence-electron chi connectivity index (χ2n) is 5.32. The van der Waals surface area contributed by atoms with Crippen LogP contribution in [0.25, 0.3) is 0 Å². The maximum atomic E-state index is 10.8. The first-order valence-corrected chi connectivity index (χ1v) is 7.82. The average molecular weight is 301 g/mol. The molecular formula is C13H17BrOS. The Bertz CT molecular complexity index is 385. The van der Waals surface area contributed by atoms with Gasteiger partial charge in [-0.05, 0) is 77.7 Å². The van der Waals surface area contributed by atoms with Crippen LogP contribution in [0.4, 0.5) is 0 Å². The van der Waals surface area contributed by atoms with E-state index in [0.29, 0.717) is 0 Å². The second kappa shape index (κ2) is 4.11. The fraction of sp³-hybridized carbons (Fsp3) is 0.692. The zero-order valence-electron chi connectivity index (χ0n) is 9.29. The number of aliphatic hydroxyl groups is 1. The molecule has 2 fully saturated rings. The predicted molar refractivity (Wildman–Crippen MR) is 70.6 cm³/mol. The van der Waals surface area contributed by atoms with E-state index in [0.717, 1.165) is 34.0 Å². The van der Waals surface area contributed by atoms with Gasteiger partial charge in [0.2, 0.25) is 0 Å². The molecule has 0 bridgehead atoms. The van der Waals surface area contributed by atoms with Crippen LogP contribution in [-0.2, 0) is 5.60 Å². The largest absolute Gasteiger partial charge is 0.384 e. The summed E-state index contributed by atoms with van der Waals surface area (Å²) in [6, 6.07) is 2.05. The third-order valence-corrected chi connectivity index (χ3v) is 6.12. The normalized spacial score (nSPS) is 35.2. The van der Waals surface area contributed by atoms with E-state index in [-0.39, 0.29) is 0 Å². The van der Waals surface area contributed by atoms with Crippen molar-refractivity contribution in [3.05, 3.63) is 20.8 Å². The summed E-state index contributed by atoms with van der Waals surface area (Å²) in [7, 11) is 0. The Labute approximate surface area is 109 Å². The van der Waals surface area contributed by atoms with Gasteiger partial charge in [-0.1, -0.05) is 0 Å². The van der Waals surface area contributed by atoms with Crippen molar-refractivity contribution in [1.29, 1.82) is 0 Å². The molecule has 2 unspecified atom stereocenters. The van der Waals surface area contributed by atoms with E-state index in [1.165, 1.54) is 25.7 Å². The van der Waals surface area contributed by atoms with Crippen LogP contribution in [-0.4, -0.2) is 5.11 Å². The number of hydrogen-bond donors (Lipinski definition) is 1. The van der Waals surface area contributed by atoms with Crippen LogP contribution in [0.5, 0.6) is 0 Å². The number of hydrogen-bond acceptors (Lipinski definition) is 2. The van der Waals surface area contributed by atoms with Gasteiger partial charge in [-0.3, -0.25) is 0 Å². The lowest BCUT2D eigenvalue weighted by Crippen LogP contribution is -2.32. The second-order valence-corrected chi connectivity index (χ2v) is 7.09. The molecule has 3 rings (SSSR count). The topological polar surface area (TPSA) is 20.2 Å². The van der Waals surface area contributed by atoms with Crippen molar-refractivity contribution >= 4 is 27.3 Å². The van der Waals surface area contributed by atoms with Gasteiger partial charge in [-0.15, -0.1) is 11.3 Å². The molecule has 1 aromatic rings. The fourth-order valence-corrected chi connectivity index (χ4v) is 4.98. The summed E-state index contributed by atoms with van der Waals surface area (Å²) in [5, 5.41) is 12.9. The van der Waals surface area contributed by atoms with E-state index in [2.05, 4.69) is 27.4 Å². The highest BCUT2D eigenvalue weighted by atomic mass is 79.9. The summed E-state index contributed by atoms with van der Waals surface area (Å²) in [6.07, 6.45) is 7.23. The van der Waals surface area contributed by atoms with Gasteiger partial charge in [0.1, 0.15) is 5.60 Å². The highest BCUT2D eigenvalue weighted by molar-refractivity contribution is 9.10. The molecule has 16 heavy (non-hydrogen) atoms. The quantitative estimate of drug-likeness (QED) is 0.863. The lowest BCUT2D eigenvalue weighted by molar-refractivity contribution is -0.0225. The highest BCUT2D eigenvalue weighted by Crippen LogP contribution is 2.51. The first-order chi connectivity index (χ1) is 7.69. The zero-order valence-corrected chi connectivity index (χ0v) is 11.7. The van der Waals surface area contributed by atoms with Crippen LogP contribution >= 0.6 is 27.3 Å². The molecule has 2 aliphatic rings. The Morgan fingerprint density at radius 3 is 2.75 bits per heavy atom. The third kappa shape index (κ3) is 1.98. The predicted octanol–water partition coefficient (Wildman–Crippen LogP) is 4.30. The minimum atomic E-state index is -0.543. The van der Waals surface area contributed by atoms with Gasteiger partial charge in [0, 0.05) is 4.47 Å². The molecule has 0 aliphatic heterocycles. The molecule has 2 aliphatic carbocycles. The van der Waals surface area contributed by atoms with Crippen molar-refractivity contribution in [2.75, 3.05) is 0 Å². The van der Waals surface area contributed by atoms with Gasteiger partial charge in [0.05, 0.1) is 4.88 Å². The van der Waals surface area contributed by atoms with E-state index < -0.39 is 5.60 Å². The number of halogens is 1. The first-order valence-electron chi connectivity index (χ1n) is 6.15. The molecule has 1 N–H and O–H groups in total. The van der Waals surface area contributed by atoms with Crippen LogP contribution in [0.15, 0.2) is 15.9 Å². The van der Waals surface area contributed by atoms with Crippen molar-refractivity contribution in [3.8, 4) is 0 Å². The maximum Gasteiger partial charge on any atom is 0.100 e. The maximum absolute atomic E-state index is 10.8. The molecular weight excluding hydrogens is 284 g/mol. The summed E-state index contributed by atoms with van der Waals surface area (Å²) in [6.45, 7) is 0. The summed E-state index contributed by atoms with van der Waals surface area (Å²) < 4.78 is 1.09. The summed E-state index contributed by atoms with van der Waals surface area (Å²) in [5.41, 5.74) is -0.543. The molecule has 1 heterocycles. The van der Waals surface area contributed by atoms with Crippen molar-refractivity contribution in [1.82, 2.24) is 0 Å².